The number of hydrogen-bond donors (Lipinski definition) is 0. The fraction of sp³-hybridized carbons (Fsp3) is 0.625. The average molecular weight is 282 g/mol. The highest BCUT2D eigenvalue weighted by Gasteiger charge is 2.19. The molecular weight excluding hydrogens is 258 g/mol. The lowest BCUT2D eigenvalue weighted by atomic mass is 10.1. The number of rotatable bonds is 5. The largest absolute Gasteiger partial charge is 0.494 e. The Bertz CT molecular complexity index is 402. The van der Waals surface area contributed by atoms with E-state index in [4.69, 9.17) is 16.3 Å². The number of alkyl halides is 1. The second kappa shape index (κ2) is 7.16. The number of benzene rings is 1. The third-order valence-electron chi connectivity index (χ3n) is 3.67. The maximum absolute atomic E-state index is 6.63. The van der Waals surface area contributed by atoms with Crippen LogP contribution in [0.25, 0.3) is 0 Å². The van der Waals surface area contributed by atoms with Gasteiger partial charge in [0.2, 0.25) is 0 Å². The number of aryl methyl sites for hydroxylation is 1. The molecule has 19 heavy (non-hydrogen) atoms. The summed E-state index contributed by atoms with van der Waals surface area (Å²) in [6.45, 7) is 8.08. The second-order valence-corrected chi connectivity index (χ2v) is 5.83. The summed E-state index contributed by atoms with van der Waals surface area (Å²) in [5.41, 5.74) is 2.37. The molecule has 1 aliphatic rings. The van der Waals surface area contributed by atoms with Crippen molar-refractivity contribution in [1.29, 1.82) is 0 Å². The van der Waals surface area contributed by atoms with Gasteiger partial charge < -0.3 is 9.64 Å². The van der Waals surface area contributed by atoms with Crippen molar-refractivity contribution in [2.45, 2.75) is 38.5 Å². The number of nitrogens with zero attached hydrogens (tertiary/aromatic N) is 1. The van der Waals surface area contributed by atoms with E-state index in [0.29, 0.717) is 6.61 Å². The van der Waals surface area contributed by atoms with E-state index in [1.807, 2.05) is 13.0 Å². The van der Waals surface area contributed by atoms with Crippen molar-refractivity contribution in [3.8, 4) is 5.75 Å². The lowest BCUT2D eigenvalue weighted by molar-refractivity contribution is 0.227. The van der Waals surface area contributed by atoms with E-state index in [9.17, 15) is 0 Å². The predicted octanol–water partition coefficient (Wildman–Crippen LogP) is 4.16. The predicted molar refractivity (Wildman–Crippen MR) is 81.2 cm³/mol. The first-order valence-corrected chi connectivity index (χ1v) is 7.74. The molecule has 1 heterocycles. The molecule has 1 aromatic carbocycles. The Morgan fingerprint density at radius 3 is 2.68 bits per heavy atom. The molecular formula is C16H24ClNO. The van der Waals surface area contributed by atoms with Crippen LogP contribution in [0, 0.1) is 6.92 Å². The van der Waals surface area contributed by atoms with Gasteiger partial charge in [0, 0.05) is 12.1 Å². The highest BCUT2D eigenvalue weighted by Crippen LogP contribution is 2.32. The molecule has 1 aliphatic heterocycles. The van der Waals surface area contributed by atoms with Crippen LogP contribution in [0.15, 0.2) is 18.2 Å². The standard InChI is InChI=1S/C16H24ClNO/c1-3-19-16-8-7-13(2)11-14(16)15(17)12-18-9-5-4-6-10-18/h7-8,11,15H,3-6,9-10,12H2,1-2H3. The first-order valence-electron chi connectivity index (χ1n) is 7.30. The van der Waals surface area contributed by atoms with Crippen LogP contribution in [0.3, 0.4) is 0 Å². The lowest BCUT2D eigenvalue weighted by Crippen LogP contribution is -2.32. The molecule has 106 valence electrons. The number of piperidine rings is 1. The van der Waals surface area contributed by atoms with E-state index in [2.05, 4.69) is 24.0 Å². The second-order valence-electron chi connectivity index (χ2n) is 5.30. The fourth-order valence-electron chi connectivity index (χ4n) is 2.67. The molecule has 0 saturated carbocycles. The third-order valence-corrected chi connectivity index (χ3v) is 4.04. The summed E-state index contributed by atoms with van der Waals surface area (Å²) in [5, 5.41) is 0.0135. The summed E-state index contributed by atoms with van der Waals surface area (Å²) in [4.78, 5) is 2.47. The third kappa shape index (κ3) is 4.12. The van der Waals surface area contributed by atoms with Gasteiger partial charge in [-0.1, -0.05) is 24.1 Å². The quantitative estimate of drug-likeness (QED) is 0.752. The zero-order valence-corrected chi connectivity index (χ0v) is 12.7. The number of halogens is 1. The van der Waals surface area contributed by atoms with Gasteiger partial charge in [-0.2, -0.15) is 0 Å². The van der Waals surface area contributed by atoms with E-state index < -0.39 is 0 Å². The highest BCUT2D eigenvalue weighted by molar-refractivity contribution is 6.21. The number of likely N-dealkylation sites (tertiary alicyclic amines) is 1. The Hall–Kier alpha value is -0.730. The normalized spacial score (nSPS) is 18.3. The molecule has 3 heteroatoms. The Kier molecular flexibility index (Phi) is 5.53. The topological polar surface area (TPSA) is 12.5 Å². The van der Waals surface area contributed by atoms with Gasteiger partial charge in [0.1, 0.15) is 5.75 Å². The van der Waals surface area contributed by atoms with E-state index in [-0.39, 0.29) is 5.38 Å². The fourth-order valence-corrected chi connectivity index (χ4v) is 3.03. The zero-order chi connectivity index (χ0) is 13.7. The van der Waals surface area contributed by atoms with Crippen LogP contribution in [-0.2, 0) is 0 Å². The molecule has 0 amide bonds. The molecule has 0 spiro atoms. The van der Waals surface area contributed by atoms with Gasteiger partial charge in [-0.25, -0.2) is 0 Å². The van der Waals surface area contributed by atoms with Gasteiger partial charge >= 0.3 is 0 Å². The summed E-state index contributed by atoms with van der Waals surface area (Å²) in [6, 6.07) is 6.28. The van der Waals surface area contributed by atoms with Gasteiger partial charge in [-0.15, -0.1) is 11.6 Å². The van der Waals surface area contributed by atoms with E-state index >= 15 is 0 Å². The SMILES string of the molecule is CCOc1ccc(C)cc1C(Cl)CN1CCCCC1. The number of hydrogen-bond acceptors (Lipinski definition) is 2. The van der Waals surface area contributed by atoms with Crippen molar-refractivity contribution in [1.82, 2.24) is 4.90 Å². The first kappa shape index (κ1) is 14.7. The molecule has 1 atom stereocenters. The average Bonchev–Trinajstić information content (AvgIpc) is 2.42. The minimum absolute atomic E-state index is 0.0135. The molecule has 0 N–H and O–H groups in total. The van der Waals surface area contributed by atoms with Crippen LogP contribution in [-0.4, -0.2) is 31.1 Å². The van der Waals surface area contributed by atoms with E-state index in [0.717, 1.165) is 17.9 Å². The summed E-state index contributed by atoms with van der Waals surface area (Å²) in [7, 11) is 0. The van der Waals surface area contributed by atoms with E-state index in [1.54, 1.807) is 0 Å². The van der Waals surface area contributed by atoms with Gasteiger partial charge in [0.15, 0.2) is 0 Å². The van der Waals surface area contributed by atoms with Crippen molar-refractivity contribution in [3.05, 3.63) is 29.3 Å². The van der Waals surface area contributed by atoms with Crippen LogP contribution < -0.4 is 4.74 Å². The molecule has 1 fully saturated rings. The summed E-state index contributed by atoms with van der Waals surface area (Å²) in [5.74, 6) is 0.935. The molecule has 2 rings (SSSR count). The Balaban J connectivity index is 2.07. The van der Waals surface area contributed by atoms with Crippen molar-refractivity contribution in [2.75, 3.05) is 26.2 Å². The van der Waals surface area contributed by atoms with Crippen molar-refractivity contribution in [2.24, 2.45) is 0 Å². The molecule has 0 bridgehead atoms. The number of ether oxygens (including phenoxy) is 1. The van der Waals surface area contributed by atoms with E-state index in [1.165, 1.54) is 37.9 Å². The van der Waals surface area contributed by atoms with Crippen LogP contribution in [0.5, 0.6) is 5.75 Å². The molecule has 1 aromatic rings. The summed E-state index contributed by atoms with van der Waals surface area (Å²) in [6.07, 6.45) is 3.96. The van der Waals surface area contributed by atoms with Crippen LogP contribution in [0.1, 0.15) is 42.7 Å². The van der Waals surface area contributed by atoms with Gasteiger partial charge in [0.05, 0.1) is 12.0 Å². The Morgan fingerprint density at radius 2 is 2.00 bits per heavy atom. The Labute approximate surface area is 121 Å². The monoisotopic (exact) mass is 281 g/mol. The summed E-state index contributed by atoms with van der Waals surface area (Å²) >= 11 is 6.63. The van der Waals surface area contributed by atoms with Crippen molar-refractivity contribution in [3.63, 3.8) is 0 Å². The molecule has 0 aromatic heterocycles. The highest BCUT2D eigenvalue weighted by atomic mass is 35.5. The maximum Gasteiger partial charge on any atom is 0.124 e. The van der Waals surface area contributed by atoms with Crippen molar-refractivity contribution < 1.29 is 4.74 Å². The van der Waals surface area contributed by atoms with Gasteiger partial charge in [-0.3, -0.25) is 0 Å². The molecule has 0 aliphatic carbocycles. The van der Waals surface area contributed by atoms with Crippen LogP contribution in [0.4, 0.5) is 0 Å². The lowest BCUT2D eigenvalue weighted by Gasteiger charge is -2.29. The zero-order valence-electron chi connectivity index (χ0n) is 12.0. The van der Waals surface area contributed by atoms with Crippen LogP contribution in [0.2, 0.25) is 0 Å². The summed E-state index contributed by atoms with van der Waals surface area (Å²) < 4.78 is 5.70. The minimum Gasteiger partial charge on any atom is -0.494 e. The minimum atomic E-state index is 0.0135. The van der Waals surface area contributed by atoms with Gasteiger partial charge in [-0.05, 0) is 45.8 Å². The smallest absolute Gasteiger partial charge is 0.124 e. The van der Waals surface area contributed by atoms with Gasteiger partial charge in [0.25, 0.3) is 0 Å². The first-order chi connectivity index (χ1) is 9.20. The molecule has 2 nitrogen and oxygen atoms in total. The molecule has 1 unspecified atom stereocenters. The Morgan fingerprint density at radius 1 is 1.26 bits per heavy atom. The van der Waals surface area contributed by atoms with Crippen LogP contribution >= 0.6 is 11.6 Å². The molecule has 0 radical (unpaired) electrons. The maximum atomic E-state index is 6.63. The molecule has 1 saturated heterocycles. The van der Waals surface area contributed by atoms with Crippen molar-refractivity contribution >= 4 is 11.6 Å².